The number of ether oxygens (including phenoxy) is 1. The highest BCUT2D eigenvalue weighted by molar-refractivity contribution is 7.92. The lowest BCUT2D eigenvalue weighted by Crippen LogP contribution is -2.27. The van der Waals surface area contributed by atoms with Crippen LogP contribution in [0.5, 0.6) is 11.8 Å². The number of hydrogen-bond donors (Lipinski definition) is 2. The predicted molar refractivity (Wildman–Crippen MR) is 120 cm³/mol. The van der Waals surface area contributed by atoms with E-state index in [4.69, 9.17) is 9.15 Å². The molecule has 0 aliphatic heterocycles. The Morgan fingerprint density at radius 2 is 1.88 bits per heavy atom. The number of aryl methyl sites for hydroxylation is 1. The molecule has 4 rings (SSSR count). The number of fused-ring (bicyclic) bond motifs is 1. The standard InChI is InChI=1S/C23H23F2N3O5S/c1-13(15-10-17(24)21(18(25)11-15)28-34(2,30)31)26-22(29)19-12-32-23(27-19)33-20-9-5-7-14-6-3-4-8-16(14)20/h5,7,9-13,28H,3-4,6,8H2,1-2H3,(H,26,29)/t13-/m1/s1. The molecule has 1 amide bonds. The van der Waals surface area contributed by atoms with Crippen LogP contribution in [0.3, 0.4) is 0 Å². The molecule has 0 bridgehead atoms. The number of carbonyl (C=O) groups excluding carboxylic acids is 1. The highest BCUT2D eigenvalue weighted by Crippen LogP contribution is 2.32. The summed E-state index contributed by atoms with van der Waals surface area (Å²) in [7, 11) is -3.87. The number of nitrogens with one attached hydrogen (secondary N) is 2. The number of sulfonamides is 1. The molecule has 1 aliphatic rings. The van der Waals surface area contributed by atoms with E-state index in [1.54, 1.807) is 4.72 Å². The summed E-state index contributed by atoms with van der Waals surface area (Å²) in [5.41, 5.74) is 1.57. The first-order chi connectivity index (χ1) is 16.1. The molecule has 2 N–H and O–H groups in total. The second-order valence-corrected chi connectivity index (χ2v) is 9.88. The number of nitrogens with zero attached hydrogens (tertiary/aromatic N) is 1. The topological polar surface area (TPSA) is 111 Å². The predicted octanol–water partition coefficient (Wildman–Crippen LogP) is 4.49. The summed E-state index contributed by atoms with van der Waals surface area (Å²) < 4.78 is 64.0. The molecule has 2 aromatic carbocycles. The number of anilines is 1. The van der Waals surface area contributed by atoms with E-state index >= 15 is 0 Å². The molecule has 11 heteroatoms. The third-order valence-electron chi connectivity index (χ3n) is 5.47. The number of amides is 1. The minimum absolute atomic E-state index is 0.0667. The van der Waals surface area contributed by atoms with Gasteiger partial charge in [-0.15, -0.1) is 0 Å². The van der Waals surface area contributed by atoms with Gasteiger partial charge in [-0.3, -0.25) is 9.52 Å². The molecule has 0 fully saturated rings. The fraction of sp³-hybridized carbons (Fsp3) is 0.304. The normalized spacial score (nSPS) is 14.2. The van der Waals surface area contributed by atoms with Gasteiger partial charge in [0.1, 0.15) is 17.7 Å². The lowest BCUT2D eigenvalue weighted by atomic mass is 9.91. The molecule has 180 valence electrons. The molecule has 1 atom stereocenters. The zero-order valence-electron chi connectivity index (χ0n) is 18.5. The van der Waals surface area contributed by atoms with Gasteiger partial charge in [-0.05, 0) is 67.5 Å². The van der Waals surface area contributed by atoms with Crippen LogP contribution in [-0.2, 0) is 22.9 Å². The zero-order chi connectivity index (χ0) is 24.5. The van der Waals surface area contributed by atoms with Crippen LogP contribution < -0.4 is 14.8 Å². The quantitative estimate of drug-likeness (QED) is 0.504. The Morgan fingerprint density at radius 1 is 1.18 bits per heavy atom. The van der Waals surface area contributed by atoms with E-state index in [-0.39, 0.29) is 17.3 Å². The van der Waals surface area contributed by atoms with Gasteiger partial charge in [0.2, 0.25) is 10.0 Å². The van der Waals surface area contributed by atoms with E-state index in [0.29, 0.717) is 5.75 Å². The molecule has 34 heavy (non-hydrogen) atoms. The number of benzene rings is 2. The molecule has 1 aliphatic carbocycles. The average Bonchev–Trinajstić information content (AvgIpc) is 3.24. The maximum absolute atomic E-state index is 14.3. The average molecular weight is 492 g/mol. The third-order valence-corrected chi connectivity index (χ3v) is 6.04. The summed E-state index contributed by atoms with van der Waals surface area (Å²) in [5.74, 6) is -2.22. The number of halogens is 2. The minimum Gasteiger partial charge on any atom is -0.416 e. The Hall–Kier alpha value is -3.47. The van der Waals surface area contributed by atoms with E-state index in [0.717, 1.165) is 55.9 Å². The maximum Gasteiger partial charge on any atom is 0.399 e. The Morgan fingerprint density at radius 3 is 2.59 bits per heavy atom. The van der Waals surface area contributed by atoms with E-state index in [2.05, 4.69) is 16.4 Å². The number of oxazole rings is 1. The molecule has 0 saturated carbocycles. The molecular weight excluding hydrogens is 468 g/mol. The van der Waals surface area contributed by atoms with E-state index in [9.17, 15) is 22.0 Å². The SMILES string of the molecule is C[C@@H](NC(=O)c1coc(Oc2cccc3c2CCCC3)n1)c1cc(F)c(NS(C)(=O)=O)c(F)c1. The van der Waals surface area contributed by atoms with Crippen LogP contribution in [0.4, 0.5) is 14.5 Å². The van der Waals surface area contributed by atoms with Crippen molar-refractivity contribution >= 4 is 21.6 Å². The van der Waals surface area contributed by atoms with Crippen LogP contribution in [0.25, 0.3) is 0 Å². The number of carbonyl (C=O) groups is 1. The van der Waals surface area contributed by atoms with Gasteiger partial charge in [-0.25, -0.2) is 17.2 Å². The zero-order valence-corrected chi connectivity index (χ0v) is 19.3. The van der Waals surface area contributed by atoms with Crippen molar-refractivity contribution in [3.63, 3.8) is 0 Å². The minimum atomic E-state index is -3.87. The van der Waals surface area contributed by atoms with E-state index in [1.807, 2.05) is 12.1 Å². The fourth-order valence-electron chi connectivity index (χ4n) is 3.82. The van der Waals surface area contributed by atoms with Crippen LogP contribution in [0.2, 0.25) is 0 Å². The summed E-state index contributed by atoms with van der Waals surface area (Å²) in [6, 6.07) is 6.85. The Bertz CT molecular complexity index is 1320. The molecule has 8 nitrogen and oxygen atoms in total. The van der Waals surface area contributed by atoms with Crippen LogP contribution in [0.15, 0.2) is 41.0 Å². The van der Waals surface area contributed by atoms with Crippen molar-refractivity contribution in [2.75, 3.05) is 11.0 Å². The highest BCUT2D eigenvalue weighted by atomic mass is 32.2. The fourth-order valence-corrected chi connectivity index (χ4v) is 4.39. The first kappa shape index (κ1) is 23.7. The second-order valence-electron chi connectivity index (χ2n) is 8.13. The van der Waals surface area contributed by atoms with Gasteiger partial charge < -0.3 is 14.5 Å². The number of hydrogen-bond acceptors (Lipinski definition) is 6. The van der Waals surface area contributed by atoms with Crippen molar-refractivity contribution in [3.8, 4) is 11.8 Å². The van der Waals surface area contributed by atoms with Crippen molar-refractivity contribution in [2.45, 2.75) is 38.6 Å². The number of rotatable bonds is 7. The van der Waals surface area contributed by atoms with Gasteiger partial charge in [0.25, 0.3) is 5.91 Å². The van der Waals surface area contributed by atoms with Crippen LogP contribution >= 0.6 is 0 Å². The maximum atomic E-state index is 14.3. The summed E-state index contributed by atoms with van der Waals surface area (Å²) in [6.07, 6.45) is 5.89. The summed E-state index contributed by atoms with van der Waals surface area (Å²) in [5, 5.41) is 2.57. The second kappa shape index (κ2) is 9.41. The molecule has 0 radical (unpaired) electrons. The monoisotopic (exact) mass is 491 g/mol. The third kappa shape index (κ3) is 5.36. The highest BCUT2D eigenvalue weighted by Gasteiger charge is 2.21. The molecule has 0 saturated heterocycles. The largest absolute Gasteiger partial charge is 0.416 e. The molecule has 1 heterocycles. The van der Waals surface area contributed by atoms with Crippen molar-refractivity contribution in [2.24, 2.45) is 0 Å². The number of aromatic nitrogens is 1. The lowest BCUT2D eigenvalue weighted by Gasteiger charge is -2.18. The van der Waals surface area contributed by atoms with Crippen molar-refractivity contribution in [3.05, 3.63) is 70.6 Å². The molecule has 1 aromatic heterocycles. The van der Waals surface area contributed by atoms with Crippen molar-refractivity contribution in [1.82, 2.24) is 10.3 Å². The van der Waals surface area contributed by atoms with Crippen LogP contribution in [0.1, 0.15) is 53.0 Å². The molecule has 0 unspecified atom stereocenters. The first-order valence-electron chi connectivity index (χ1n) is 10.6. The first-order valence-corrected chi connectivity index (χ1v) is 12.5. The van der Waals surface area contributed by atoms with Crippen molar-refractivity contribution < 1.29 is 31.1 Å². The lowest BCUT2D eigenvalue weighted by molar-refractivity contribution is 0.0934. The van der Waals surface area contributed by atoms with Gasteiger partial charge in [0.05, 0.1) is 12.3 Å². The summed E-state index contributed by atoms with van der Waals surface area (Å²) in [4.78, 5) is 16.6. The van der Waals surface area contributed by atoms with E-state index in [1.165, 1.54) is 12.5 Å². The van der Waals surface area contributed by atoms with Gasteiger partial charge >= 0.3 is 6.08 Å². The Kier molecular flexibility index (Phi) is 6.56. The summed E-state index contributed by atoms with van der Waals surface area (Å²) >= 11 is 0. The van der Waals surface area contributed by atoms with Crippen molar-refractivity contribution in [1.29, 1.82) is 0 Å². The van der Waals surface area contributed by atoms with E-state index < -0.39 is 39.3 Å². The Balaban J connectivity index is 1.45. The molecule has 3 aromatic rings. The van der Waals surface area contributed by atoms with Gasteiger partial charge in [0, 0.05) is 0 Å². The van der Waals surface area contributed by atoms with Gasteiger partial charge in [0.15, 0.2) is 17.3 Å². The van der Waals surface area contributed by atoms with Crippen LogP contribution in [0, 0.1) is 11.6 Å². The summed E-state index contributed by atoms with van der Waals surface area (Å²) in [6.45, 7) is 1.52. The molecular formula is C23H23F2N3O5S. The van der Waals surface area contributed by atoms with Gasteiger partial charge in [-0.1, -0.05) is 12.1 Å². The van der Waals surface area contributed by atoms with Gasteiger partial charge in [-0.2, -0.15) is 4.98 Å². The smallest absolute Gasteiger partial charge is 0.399 e. The molecule has 0 spiro atoms. The van der Waals surface area contributed by atoms with Crippen LogP contribution in [-0.4, -0.2) is 25.6 Å². The Labute approximate surface area is 195 Å².